The van der Waals surface area contributed by atoms with Crippen LogP contribution in [0.3, 0.4) is 0 Å². The fraction of sp³-hybridized carbons (Fsp3) is 0.300. The van der Waals surface area contributed by atoms with Gasteiger partial charge in [0.25, 0.3) is 0 Å². The lowest BCUT2D eigenvalue weighted by atomic mass is 10.1. The van der Waals surface area contributed by atoms with E-state index in [1.54, 1.807) is 24.3 Å². The van der Waals surface area contributed by atoms with Gasteiger partial charge in [-0.1, -0.05) is 23.2 Å². The summed E-state index contributed by atoms with van der Waals surface area (Å²) in [5.41, 5.74) is 1.11. The maximum atomic E-state index is 10.1. The fourth-order valence-electron chi connectivity index (χ4n) is 3.21. The third-order valence-corrected chi connectivity index (χ3v) is 5.25. The first kappa shape index (κ1) is 19.8. The van der Waals surface area contributed by atoms with E-state index in [0.717, 1.165) is 12.8 Å². The maximum Gasteiger partial charge on any atom is 0.145 e. The van der Waals surface area contributed by atoms with E-state index in [1.807, 2.05) is 0 Å². The van der Waals surface area contributed by atoms with Crippen molar-refractivity contribution in [3.8, 4) is 17.2 Å². The third kappa shape index (κ3) is 4.27. The molecule has 2 aromatic carbocycles. The van der Waals surface area contributed by atoms with E-state index in [1.165, 1.54) is 13.4 Å². The Hall–Kier alpha value is -2.48. The van der Waals surface area contributed by atoms with Crippen molar-refractivity contribution in [2.75, 3.05) is 25.6 Å². The molecular weight excluding hydrogens is 417 g/mol. The smallest absolute Gasteiger partial charge is 0.145 e. The van der Waals surface area contributed by atoms with E-state index in [2.05, 4.69) is 15.3 Å². The van der Waals surface area contributed by atoms with Crippen molar-refractivity contribution in [2.24, 2.45) is 0 Å². The van der Waals surface area contributed by atoms with Crippen molar-refractivity contribution >= 4 is 45.6 Å². The average molecular weight is 436 g/mol. The zero-order valence-corrected chi connectivity index (χ0v) is 17.1. The summed E-state index contributed by atoms with van der Waals surface area (Å²) in [5.74, 6) is 1.53. The van der Waals surface area contributed by atoms with Gasteiger partial charge in [0.05, 0.1) is 47.0 Å². The fourth-order valence-corrected chi connectivity index (χ4v) is 3.72. The van der Waals surface area contributed by atoms with Gasteiger partial charge in [0, 0.05) is 31.0 Å². The number of methoxy groups -OCH3 is 1. The number of phenolic OH excluding ortho intramolecular Hbond substituents is 1. The lowest BCUT2D eigenvalue weighted by Crippen LogP contribution is -2.26. The molecule has 0 bridgehead atoms. The van der Waals surface area contributed by atoms with E-state index in [0.29, 0.717) is 57.2 Å². The Morgan fingerprint density at radius 3 is 2.62 bits per heavy atom. The number of halogens is 2. The number of phenols is 1. The molecule has 0 aliphatic carbocycles. The Kier molecular flexibility index (Phi) is 5.80. The van der Waals surface area contributed by atoms with Gasteiger partial charge in [-0.2, -0.15) is 0 Å². The molecule has 2 N–H and O–H groups in total. The Morgan fingerprint density at radius 2 is 1.86 bits per heavy atom. The summed E-state index contributed by atoms with van der Waals surface area (Å²) in [7, 11) is 1.53. The highest BCUT2D eigenvalue weighted by molar-refractivity contribution is 6.37. The van der Waals surface area contributed by atoms with Crippen LogP contribution in [0.25, 0.3) is 10.9 Å². The predicted octanol–water partition coefficient (Wildman–Crippen LogP) is 4.95. The van der Waals surface area contributed by atoms with Crippen molar-refractivity contribution in [1.82, 2.24) is 9.97 Å². The molecule has 1 fully saturated rings. The second kappa shape index (κ2) is 8.49. The highest BCUT2D eigenvalue weighted by Crippen LogP contribution is 2.39. The number of ether oxygens (including phenoxy) is 3. The first-order chi connectivity index (χ1) is 14.0. The zero-order chi connectivity index (χ0) is 20.4. The van der Waals surface area contributed by atoms with Crippen molar-refractivity contribution in [3.63, 3.8) is 0 Å². The summed E-state index contributed by atoms with van der Waals surface area (Å²) < 4.78 is 16.8. The molecule has 0 radical (unpaired) electrons. The number of benzene rings is 2. The minimum atomic E-state index is -0.0129. The van der Waals surface area contributed by atoms with Gasteiger partial charge in [-0.05, 0) is 6.07 Å². The summed E-state index contributed by atoms with van der Waals surface area (Å²) in [5, 5.41) is 14.8. The molecule has 1 aromatic heterocycles. The number of nitrogens with one attached hydrogen (secondary N) is 1. The van der Waals surface area contributed by atoms with Crippen LogP contribution in [-0.4, -0.2) is 41.5 Å². The Bertz CT molecular complexity index is 1040. The van der Waals surface area contributed by atoms with Crippen LogP contribution in [0.5, 0.6) is 17.2 Å². The van der Waals surface area contributed by atoms with Gasteiger partial charge >= 0.3 is 0 Å². The number of rotatable bonds is 5. The number of anilines is 2. The number of aromatic hydroxyl groups is 1. The summed E-state index contributed by atoms with van der Waals surface area (Å²) in [6, 6.07) is 6.41. The topological polar surface area (TPSA) is 85.7 Å². The molecule has 1 saturated heterocycles. The second-order valence-corrected chi connectivity index (χ2v) is 7.40. The standard InChI is InChI=1S/C20H19Cl2N3O4/c1-27-17-9-15(13(21)8-14(17)22)25-20-19-16(23-10-24-20)6-11(26)7-18(19)29-12-2-4-28-5-3-12/h6-10,12,26H,2-5H2,1H3,(H,23,24,25). The summed E-state index contributed by atoms with van der Waals surface area (Å²) in [6.45, 7) is 1.28. The molecule has 29 heavy (non-hydrogen) atoms. The minimum absolute atomic E-state index is 0.0129. The van der Waals surface area contributed by atoms with E-state index in [9.17, 15) is 5.11 Å². The van der Waals surface area contributed by atoms with E-state index >= 15 is 0 Å². The van der Waals surface area contributed by atoms with Gasteiger partial charge in [-0.25, -0.2) is 9.97 Å². The Morgan fingerprint density at radius 1 is 1.07 bits per heavy atom. The van der Waals surface area contributed by atoms with Gasteiger partial charge in [0.2, 0.25) is 0 Å². The van der Waals surface area contributed by atoms with Gasteiger partial charge in [0.1, 0.15) is 35.5 Å². The van der Waals surface area contributed by atoms with Crippen molar-refractivity contribution in [2.45, 2.75) is 18.9 Å². The van der Waals surface area contributed by atoms with Crippen LogP contribution in [0.15, 0.2) is 30.6 Å². The molecule has 0 spiro atoms. The zero-order valence-electron chi connectivity index (χ0n) is 15.6. The van der Waals surface area contributed by atoms with E-state index < -0.39 is 0 Å². The molecule has 152 valence electrons. The summed E-state index contributed by atoms with van der Waals surface area (Å²) >= 11 is 12.5. The average Bonchev–Trinajstić information content (AvgIpc) is 2.70. The molecule has 1 aliphatic heterocycles. The molecule has 0 saturated carbocycles. The molecule has 0 unspecified atom stereocenters. The second-order valence-electron chi connectivity index (χ2n) is 6.58. The highest BCUT2D eigenvalue weighted by atomic mass is 35.5. The molecule has 1 aliphatic rings. The monoisotopic (exact) mass is 435 g/mol. The van der Waals surface area contributed by atoms with Crippen molar-refractivity contribution in [3.05, 3.63) is 40.6 Å². The van der Waals surface area contributed by atoms with E-state index in [4.69, 9.17) is 37.4 Å². The number of hydrogen-bond acceptors (Lipinski definition) is 7. The number of fused-ring (bicyclic) bond motifs is 1. The Balaban J connectivity index is 1.76. The molecule has 3 aromatic rings. The molecular formula is C20H19Cl2N3O4. The lowest BCUT2D eigenvalue weighted by Gasteiger charge is -2.24. The normalized spacial score (nSPS) is 14.7. The van der Waals surface area contributed by atoms with Crippen molar-refractivity contribution < 1.29 is 19.3 Å². The maximum absolute atomic E-state index is 10.1. The SMILES string of the molecule is COc1cc(Nc2ncnc3cc(O)cc(OC4CCOCC4)c23)c(Cl)cc1Cl. The van der Waals surface area contributed by atoms with Crippen LogP contribution in [0.2, 0.25) is 10.0 Å². The molecule has 4 rings (SSSR count). The first-order valence-corrected chi connectivity index (χ1v) is 9.83. The minimum Gasteiger partial charge on any atom is -0.508 e. The lowest BCUT2D eigenvalue weighted by molar-refractivity contribution is 0.0261. The van der Waals surface area contributed by atoms with Gasteiger partial charge in [0.15, 0.2) is 0 Å². The number of hydrogen-bond donors (Lipinski definition) is 2. The van der Waals surface area contributed by atoms with Crippen LogP contribution >= 0.6 is 23.2 Å². The molecule has 9 heteroatoms. The quantitative estimate of drug-likeness (QED) is 0.585. The van der Waals surface area contributed by atoms with Crippen LogP contribution in [0.1, 0.15) is 12.8 Å². The molecule has 7 nitrogen and oxygen atoms in total. The van der Waals surface area contributed by atoms with Crippen LogP contribution < -0.4 is 14.8 Å². The molecule has 2 heterocycles. The van der Waals surface area contributed by atoms with Crippen LogP contribution in [-0.2, 0) is 4.74 Å². The summed E-state index contributed by atoms with van der Waals surface area (Å²) in [4.78, 5) is 8.64. The van der Waals surface area contributed by atoms with Crippen molar-refractivity contribution in [1.29, 1.82) is 0 Å². The summed E-state index contributed by atoms with van der Waals surface area (Å²) in [6.07, 6.45) is 2.94. The van der Waals surface area contributed by atoms with Crippen LogP contribution in [0.4, 0.5) is 11.5 Å². The van der Waals surface area contributed by atoms with E-state index in [-0.39, 0.29) is 11.9 Å². The molecule has 0 amide bonds. The van der Waals surface area contributed by atoms with Crippen LogP contribution in [0, 0.1) is 0 Å². The largest absolute Gasteiger partial charge is 0.508 e. The third-order valence-electron chi connectivity index (χ3n) is 4.64. The van der Waals surface area contributed by atoms with Gasteiger partial charge < -0.3 is 24.6 Å². The number of nitrogens with zero attached hydrogens (tertiary/aromatic N) is 2. The van der Waals surface area contributed by atoms with Gasteiger partial charge in [-0.3, -0.25) is 0 Å². The molecule has 0 atom stereocenters. The van der Waals surface area contributed by atoms with Gasteiger partial charge in [-0.15, -0.1) is 0 Å². The number of aromatic nitrogens is 2. The predicted molar refractivity (Wildman–Crippen MR) is 112 cm³/mol. The Labute approximate surface area is 177 Å². The highest BCUT2D eigenvalue weighted by Gasteiger charge is 2.20. The first-order valence-electron chi connectivity index (χ1n) is 9.07.